The van der Waals surface area contributed by atoms with Gasteiger partial charge in [0.15, 0.2) is 0 Å². The molecule has 0 saturated carbocycles. The first-order valence-electron chi connectivity index (χ1n) is 2.65. The second kappa shape index (κ2) is 5.46. The third-order valence-corrected chi connectivity index (χ3v) is 1.52. The standard InChI is InChI=1S/C6H10Cl2/c1-2-3-6(4-7)5-8/h3H,2,4-5H2,1H3. The molecule has 0 aliphatic heterocycles. The predicted octanol–water partition coefficient (Wildman–Crippen LogP) is 2.80. The molecule has 0 nitrogen and oxygen atoms in total. The molecule has 0 aromatic carbocycles. The Labute approximate surface area is 60.5 Å². The van der Waals surface area contributed by atoms with Crippen LogP contribution in [0.25, 0.3) is 0 Å². The lowest BCUT2D eigenvalue weighted by atomic mass is 10.3. The largest absolute Gasteiger partial charge is 0.122 e. The van der Waals surface area contributed by atoms with Crippen LogP contribution < -0.4 is 0 Å². The van der Waals surface area contributed by atoms with Gasteiger partial charge in [-0.05, 0) is 12.0 Å². The lowest BCUT2D eigenvalue weighted by Gasteiger charge is -1.92. The maximum absolute atomic E-state index is 5.49. The van der Waals surface area contributed by atoms with Crippen molar-refractivity contribution in [3.63, 3.8) is 0 Å². The van der Waals surface area contributed by atoms with Gasteiger partial charge in [-0.1, -0.05) is 13.0 Å². The zero-order chi connectivity index (χ0) is 6.41. The van der Waals surface area contributed by atoms with E-state index in [0.29, 0.717) is 11.8 Å². The molecule has 0 N–H and O–H groups in total. The Morgan fingerprint density at radius 3 is 2.00 bits per heavy atom. The molecule has 0 rings (SSSR count). The molecular formula is C6H10Cl2. The minimum Gasteiger partial charge on any atom is -0.122 e. The van der Waals surface area contributed by atoms with Crippen LogP contribution in [0.15, 0.2) is 11.6 Å². The first-order chi connectivity index (χ1) is 3.85. The van der Waals surface area contributed by atoms with E-state index in [1.54, 1.807) is 0 Å². The van der Waals surface area contributed by atoms with E-state index < -0.39 is 0 Å². The van der Waals surface area contributed by atoms with Crippen LogP contribution in [0.3, 0.4) is 0 Å². The number of halogens is 2. The SMILES string of the molecule is CCC=C(CCl)CCl. The van der Waals surface area contributed by atoms with Gasteiger partial charge in [0.05, 0.1) is 0 Å². The smallest absolute Gasteiger partial charge is 0.0445 e. The van der Waals surface area contributed by atoms with Crippen LogP contribution in [-0.4, -0.2) is 11.8 Å². The van der Waals surface area contributed by atoms with Crippen molar-refractivity contribution in [2.45, 2.75) is 13.3 Å². The van der Waals surface area contributed by atoms with Gasteiger partial charge in [-0.3, -0.25) is 0 Å². The summed E-state index contributed by atoms with van der Waals surface area (Å²) < 4.78 is 0. The van der Waals surface area contributed by atoms with Gasteiger partial charge in [-0.15, -0.1) is 23.2 Å². The Balaban J connectivity index is 3.49. The Bertz CT molecular complexity index is 70.6. The molecule has 0 aliphatic rings. The highest BCUT2D eigenvalue weighted by atomic mass is 35.5. The third kappa shape index (κ3) is 3.34. The van der Waals surface area contributed by atoms with Crippen LogP contribution in [-0.2, 0) is 0 Å². The molecule has 8 heavy (non-hydrogen) atoms. The van der Waals surface area contributed by atoms with Crippen molar-refractivity contribution in [1.29, 1.82) is 0 Å². The number of hydrogen-bond donors (Lipinski definition) is 0. The lowest BCUT2D eigenvalue weighted by molar-refractivity contribution is 1.18. The number of rotatable bonds is 3. The zero-order valence-corrected chi connectivity index (χ0v) is 6.47. The van der Waals surface area contributed by atoms with Crippen LogP contribution in [0.5, 0.6) is 0 Å². The Morgan fingerprint density at radius 1 is 1.38 bits per heavy atom. The van der Waals surface area contributed by atoms with Gasteiger partial charge in [0.2, 0.25) is 0 Å². The second-order valence-electron chi connectivity index (χ2n) is 1.54. The summed E-state index contributed by atoms with van der Waals surface area (Å²) in [5, 5.41) is 0. The summed E-state index contributed by atoms with van der Waals surface area (Å²) in [6.07, 6.45) is 3.08. The molecule has 0 aromatic heterocycles. The molecule has 0 unspecified atom stereocenters. The molecular weight excluding hydrogens is 143 g/mol. The van der Waals surface area contributed by atoms with E-state index in [2.05, 4.69) is 13.0 Å². The summed E-state index contributed by atoms with van der Waals surface area (Å²) in [4.78, 5) is 0. The van der Waals surface area contributed by atoms with E-state index in [0.717, 1.165) is 12.0 Å². The molecule has 0 fully saturated rings. The van der Waals surface area contributed by atoms with Gasteiger partial charge in [0.1, 0.15) is 0 Å². The molecule has 48 valence electrons. The van der Waals surface area contributed by atoms with E-state index in [4.69, 9.17) is 23.2 Å². The van der Waals surface area contributed by atoms with Crippen LogP contribution >= 0.6 is 23.2 Å². The fourth-order valence-electron chi connectivity index (χ4n) is 0.433. The molecule has 0 atom stereocenters. The van der Waals surface area contributed by atoms with Crippen molar-refractivity contribution in [2.75, 3.05) is 11.8 Å². The van der Waals surface area contributed by atoms with Gasteiger partial charge >= 0.3 is 0 Å². The second-order valence-corrected chi connectivity index (χ2v) is 2.07. The fourth-order valence-corrected chi connectivity index (χ4v) is 0.937. The average molecular weight is 153 g/mol. The zero-order valence-electron chi connectivity index (χ0n) is 4.95. The highest BCUT2D eigenvalue weighted by Crippen LogP contribution is 2.01. The Hall–Kier alpha value is 0.320. The van der Waals surface area contributed by atoms with Crippen molar-refractivity contribution in [3.05, 3.63) is 11.6 Å². The van der Waals surface area contributed by atoms with E-state index >= 15 is 0 Å². The highest BCUT2D eigenvalue weighted by molar-refractivity contribution is 6.23. The number of hydrogen-bond acceptors (Lipinski definition) is 0. The molecule has 2 heteroatoms. The van der Waals surface area contributed by atoms with Crippen molar-refractivity contribution in [2.24, 2.45) is 0 Å². The predicted molar refractivity (Wildman–Crippen MR) is 39.8 cm³/mol. The Kier molecular flexibility index (Phi) is 5.67. The van der Waals surface area contributed by atoms with Crippen LogP contribution in [0, 0.1) is 0 Å². The highest BCUT2D eigenvalue weighted by Gasteiger charge is 1.87. The van der Waals surface area contributed by atoms with Crippen molar-refractivity contribution >= 4 is 23.2 Å². The van der Waals surface area contributed by atoms with Gasteiger partial charge in [0, 0.05) is 11.8 Å². The van der Waals surface area contributed by atoms with Gasteiger partial charge in [-0.25, -0.2) is 0 Å². The normalized spacial score (nSPS) is 8.88. The van der Waals surface area contributed by atoms with Crippen molar-refractivity contribution in [1.82, 2.24) is 0 Å². The quantitative estimate of drug-likeness (QED) is 0.432. The molecule has 0 spiro atoms. The molecule has 0 amide bonds. The van der Waals surface area contributed by atoms with E-state index in [-0.39, 0.29) is 0 Å². The molecule has 0 bridgehead atoms. The minimum atomic E-state index is 0.567. The van der Waals surface area contributed by atoms with Crippen LogP contribution in [0.1, 0.15) is 13.3 Å². The molecule has 0 radical (unpaired) electrons. The molecule has 0 aliphatic carbocycles. The van der Waals surface area contributed by atoms with Gasteiger partial charge < -0.3 is 0 Å². The maximum atomic E-state index is 5.49. The molecule has 0 heterocycles. The first kappa shape index (κ1) is 8.32. The topological polar surface area (TPSA) is 0 Å². The van der Waals surface area contributed by atoms with Gasteiger partial charge in [0.25, 0.3) is 0 Å². The minimum absolute atomic E-state index is 0.567. The lowest BCUT2D eigenvalue weighted by Crippen LogP contribution is -1.84. The summed E-state index contributed by atoms with van der Waals surface area (Å²) in [6.45, 7) is 2.07. The first-order valence-corrected chi connectivity index (χ1v) is 3.71. The average Bonchev–Trinajstić information content (AvgIpc) is 1.83. The summed E-state index contributed by atoms with van der Waals surface area (Å²) in [5.41, 5.74) is 1.12. The monoisotopic (exact) mass is 152 g/mol. The third-order valence-electron chi connectivity index (χ3n) is 0.836. The fraction of sp³-hybridized carbons (Fsp3) is 0.667. The summed E-state index contributed by atoms with van der Waals surface area (Å²) in [6, 6.07) is 0. The van der Waals surface area contributed by atoms with E-state index in [1.807, 2.05) is 0 Å². The van der Waals surface area contributed by atoms with Crippen LogP contribution in [0.2, 0.25) is 0 Å². The summed E-state index contributed by atoms with van der Waals surface area (Å²) in [5.74, 6) is 1.13. The van der Waals surface area contributed by atoms with E-state index in [1.165, 1.54) is 0 Å². The van der Waals surface area contributed by atoms with Crippen LogP contribution in [0.4, 0.5) is 0 Å². The molecule has 0 saturated heterocycles. The summed E-state index contributed by atoms with van der Waals surface area (Å²) >= 11 is 11.0. The number of alkyl halides is 2. The van der Waals surface area contributed by atoms with Crippen molar-refractivity contribution in [3.8, 4) is 0 Å². The van der Waals surface area contributed by atoms with Crippen molar-refractivity contribution < 1.29 is 0 Å². The summed E-state index contributed by atoms with van der Waals surface area (Å²) in [7, 11) is 0. The maximum Gasteiger partial charge on any atom is 0.0445 e. The number of allylic oxidation sites excluding steroid dienone is 2. The van der Waals surface area contributed by atoms with Gasteiger partial charge in [-0.2, -0.15) is 0 Å². The van der Waals surface area contributed by atoms with E-state index in [9.17, 15) is 0 Å². The molecule has 0 aromatic rings. The Morgan fingerprint density at radius 2 is 1.88 bits per heavy atom.